The van der Waals surface area contributed by atoms with E-state index in [-0.39, 0.29) is 12.1 Å². The van der Waals surface area contributed by atoms with Gasteiger partial charge in [0.2, 0.25) is 5.91 Å². The maximum Gasteiger partial charge on any atom is 0.247 e. The maximum atomic E-state index is 11.4. The second-order valence-corrected chi connectivity index (χ2v) is 5.06. The van der Waals surface area contributed by atoms with Crippen LogP contribution in [0.1, 0.15) is 18.9 Å². The molecule has 0 radical (unpaired) electrons. The van der Waals surface area contributed by atoms with Crippen molar-refractivity contribution in [1.29, 1.82) is 0 Å². The molecule has 1 aromatic rings. The molecular formula is C15H23N2O+. The molecule has 1 amide bonds. The summed E-state index contributed by atoms with van der Waals surface area (Å²) in [7, 11) is 4.26. The predicted octanol–water partition coefficient (Wildman–Crippen LogP) is 2.30. The first-order valence-corrected chi connectivity index (χ1v) is 6.29. The molecule has 0 spiro atoms. The minimum Gasteiger partial charge on any atom is -0.305 e. The predicted molar refractivity (Wildman–Crippen MR) is 74.7 cm³/mol. The highest BCUT2D eigenvalue weighted by molar-refractivity contribution is 5.86. The molecule has 0 fully saturated rings. The minimum absolute atomic E-state index is 0.0932. The van der Waals surface area contributed by atoms with E-state index in [2.05, 4.69) is 45.0 Å². The number of hydrogen-bond donors (Lipinski definition) is 1. The first-order chi connectivity index (χ1) is 8.49. The van der Waals surface area contributed by atoms with Gasteiger partial charge in [0.15, 0.2) is 6.17 Å². The van der Waals surface area contributed by atoms with E-state index in [9.17, 15) is 4.79 Å². The summed E-state index contributed by atoms with van der Waals surface area (Å²) in [4.78, 5) is 11.4. The summed E-state index contributed by atoms with van der Waals surface area (Å²) in [5.41, 5.74) is 1.27. The van der Waals surface area contributed by atoms with Crippen molar-refractivity contribution in [2.45, 2.75) is 26.1 Å². The Morgan fingerprint density at radius 1 is 1.39 bits per heavy atom. The first kappa shape index (κ1) is 14.5. The van der Waals surface area contributed by atoms with Gasteiger partial charge in [-0.2, -0.15) is 0 Å². The van der Waals surface area contributed by atoms with Gasteiger partial charge in [0.25, 0.3) is 0 Å². The van der Waals surface area contributed by atoms with E-state index in [1.54, 1.807) is 0 Å². The van der Waals surface area contributed by atoms with Crippen molar-refractivity contribution in [3.63, 3.8) is 0 Å². The van der Waals surface area contributed by atoms with Crippen LogP contribution in [0.4, 0.5) is 0 Å². The molecule has 0 aliphatic rings. The summed E-state index contributed by atoms with van der Waals surface area (Å²) in [5.74, 6) is -0.110. The summed E-state index contributed by atoms with van der Waals surface area (Å²) < 4.78 is 0.722. The molecule has 0 aliphatic heterocycles. The smallest absolute Gasteiger partial charge is 0.247 e. The van der Waals surface area contributed by atoms with E-state index in [0.29, 0.717) is 0 Å². The number of nitrogens with zero attached hydrogens (tertiary/aromatic N) is 1. The van der Waals surface area contributed by atoms with E-state index < -0.39 is 0 Å². The van der Waals surface area contributed by atoms with Crippen molar-refractivity contribution in [2.75, 3.05) is 14.1 Å². The molecule has 3 nitrogen and oxygen atoms in total. The summed E-state index contributed by atoms with van der Waals surface area (Å²) >= 11 is 0. The van der Waals surface area contributed by atoms with Crippen LogP contribution in [-0.2, 0) is 11.3 Å². The maximum absolute atomic E-state index is 11.4. The summed E-state index contributed by atoms with van der Waals surface area (Å²) in [5, 5.41) is 2.99. The number of carbonyl (C=O) groups excluding carboxylic acids is 1. The van der Waals surface area contributed by atoms with Crippen molar-refractivity contribution >= 4 is 5.91 Å². The molecule has 1 unspecified atom stereocenters. The Kier molecular flexibility index (Phi) is 5.10. The topological polar surface area (TPSA) is 29.1 Å². The van der Waals surface area contributed by atoms with Crippen LogP contribution < -0.4 is 5.32 Å². The van der Waals surface area contributed by atoms with Gasteiger partial charge in [-0.25, -0.2) is 0 Å². The van der Waals surface area contributed by atoms with Gasteiger partial charge in [-0.3, -0.25) is 4.79 Å². The van der Waals surface area contributed by atoms with Crippen LogP contribution >= 0.6 is 0 Å². The van der Waals surface area contributed by atoms with Gasteiger partial charge in [0, 0.05) is 12.0 Å². The SMILES string of the molecule is C=CC(=O)NC(CC)[N+](C)(C)Cc1ccccc1. The van der Waals surface area contributed by atoms with Crippen molar-refractivity contribution < 1.29 is 9.28 Å². The van der Waals surface area contributed by atoms with E-state index >= 15 is 0 Å². The van der Waals surface area contributed by atoms with Crippen molar-refractivity contribution in [3.05, 3.63) is 48.6 Å². The number of hydrogen-bond acceptors (Lipinski definition) is 1. The Labute approximate surface area is 110 Å². The molecule has 1 atom stereocenters. The molecule has 98 valence electrons. The van der Waals surface area contributed by atoms with Crippen molar-refractivity contribution in [1.82, 2.24) is 5.32 Å². The van der Waals surface area contributed by atoms with Gasteiger partial charge in [-0.15, -0.1) is 0 Å². The number of quaternary nitrogens is 1. The van der Waals surface area contributed by atoms with E-state index in [1.165, 1.54) is 11.6 Å². The largest absolute Gasteiger partial charge is 0.305 e. The first-order valence-electron chi connectivity index (χ1n) is 6.29. The van der Waals surface area contributed by atoms with E-state index in [0.717, 1.165) is 17.4 Å². The van der Waals surface area contributed by atoms with Crippen LogP contribution in [-0.4, -0.2) is 30.7 Å². The third-order valence-electron chi connectivity index (χ3n) is 3.16. The average molecular weight is 247 g/mol. The molecule has 3 heteroatoms. The Balaban J connectivity index is 2.76. The molecule has 1 aromatic carbocycles. The Bertz CT molecular complexity index is 398. The minimum atomic E-state index is -0.110. The standard InChI is InChI=1S/C15H22N2O/c1-5-14(16-15(18)6-2)17(3,4)12-13-10-8-7-9-11-13/h6-11,14H,2,5,12H2,1,3-4H3/p+1. The molecule has 0 aromatic heterocycles. The Morgan fingerprint density at radius 2 is 2.00 bits per heavy atom. The number of benzene rings is 1. The highest BCUT2D eigenvalue weighted by atomic mass is 16.1. The van der Waals surface area contributed by atoms with Gasteiger partial charge in [0.05, 0.1) is 14.1 Å². The molecule has 0 bridgehead atoms. The zero-order valence-electron chi connectivity index (χ0n) is 11.5. The summed E-state index contributed by atoms with van der Waals surface area (Å²) in [6, 6.07) is 10.3. The fourth-order valence-electron chi connectivity index (χ4n) is 2.16. The van der Waals surface area contributed by atoms with Crippen LogP contribution in [0.25, 0.3) is 0 Å². The van der Waals surface area contributed by atoms with E-state index in [4.69, 9.17) is 0 Å². The van der Waals surface area contributed by atoms with Crippen LogP contribution in [0.3, 0.4) is 0 Å². The molecule has 18 heavy (non-hydrogen) atoms. The Hall–Kier alpha value is -1.61. The molecular weight excluding hydrogens is 224 g/mol. The van der Waals surface area contributed by atoms with Crippen LogP contribution in [0, 0.1) is 0 Å². The van der Waals surface area contributed by atoms with Gasteiger partial charge < -0.3 is 9.80 Å². The van der Waals surface area contributed by atoms with Crippen LogP contribution in [0.2, 0.25) is 0 Å². The summed E-state index contributed by atoms with van der Waals surface area (Å²) in [6.07, 6.45) is 2.31. The summed E-state index contributed by atoms with van der Waals surface area (Å²) in [6.45, 7) is 6.46. The highest BCUT2D eigenvalue weighted by Crippen LogP contribution is 2.14. The van der Waals surface area contributed by atoms with Crippen LogP contribution in [0.5, 0.6) is 0 Å². The molecule has 0 heterocycles. The average Bonchev–Trinajstić information content (AvgIpc) is 2.36. The number of rotatable bonds is 6. The normalized spacial score (nSPS) is 12.8. The third-order valence-corrected chi connectivity index (χ3v) is 3.16. The van der Waals surface area contributed by atoms with Crippen molar-refractivity contribution in [3.8, 4) is 0 Å². The molecule has 1 rings (SSSR count). The monoisotopic (exact) mass is 247 g/mol. The van der Waals surface area contributed by atoms with Gasteiger partial charge in [0.1, 0.15) is 6.54 Å². The van der Waals surface area contributed by atoms with Gasteiger partial charge >= 0.3 is 0 Å². The lowest BCUT2D eigenvalue weighted by molar-refractivity contribution is -0.930. The fraction of sp³-hybridized carbons (Fsp3) is 0.400. The van der Waals surface area contributed by atoms with Crippen molar-refractivity contribution in [2.24, 2.45) is 0 Å². The quantitative estimate of drug-likeness (QED) is 0.466. The molecule has 0 aliphatic carbocycles. The van der Waals surface area contributed by atoms with Gasteiger partial charge in [-0.05, 0) is 6.08 Å². The zero-order valence-corrected chi connectivity index (χ0v) is 11.5. The lowest BCUT2D eigenvalue weighted by atomic mass is 10.1. The Morgan fingerprint density at radius 3 is 2.50 bits per heavy atom. The number of nitrogens with one attached hydrogen (secondary N) is 1. The zero-order chi connectivity index (χ0) is 13.6. The lowest BCUT2D eigenvalue weighted by Crippen LogP contribution is -2.56. The van der Waals surface area contributed by atoms with E-state index in [1.807, 2.05) is 18.2 Å². The molecule has 0 saturated carbocycles. The highest BCUT2D eigenvalue weighted by Gasteiger charge is 2.27. The molecule has 1 N–H and O–H groups in total. The van der Waals surface area contributed by atoms with Gasteiger partial charge in [-0.1, -0.05) is 43.8 Å². The van der Waals surface area contributed by atoms with Crippen LogP contribution in [0.15, 0.2) is 43.0 Å². The number of carbonyl (C=O) groups is 1. The lowest BCUT2D eigenvalue weighted by Gasteiger charge is -2.37. The number of amides is 1. The fourth-order valence-corrected chi connectivity index (χ4v) is 2.16. The second kappa shape index (κ2) is 6.36. The second-order valence-electron chi connectivity index (χ2n) is 5.06. The molecule has 0 saturated heterocycles. The third kappa shape index (κ3) is 4.00.